The third-order valence-electron chi connectivity index (χ3n) is 3.46. The molecular weight excluding hydrogens is 312 g/mol. The van der Waals surface area contributed by atoms with Gasteiger partial charge in [0, 0.05) is 18.3 Å². The molecule has 2 rings (SSSR count). The lowest BCUT2D eigenvalue weighted by atomic mass is 10.1. The van der Waals surface area contributed by atoms with Crippen molar-refractivity contribution in [2.75, 3.05) is 27.9 Å². The number of carbonyl (C=O) groups is 1. The molecule has 0 aliphatic rings. The molecule has 0 radical (unpaired) electrons. The molecule has 1 heterocycles. The highest BCUT2D eigenvalue weighted by Crippen LogP contribution is 2.29. The summed E-state index contributed by atoms with van der Waals surface area (Å²) < 4.78 is 15.4. The maximum absolute atomic E-state index is 12.2. The first kappa shape index (κ1) is 17.6. The van der Waals surface area contributed by atoms with Gasteiger partial charge < -0.3 is 24.6 Å². The third kappa shape index (κ3) is 3.94. The number of aromatic nitrogens is 1. The van der Waals surface area contributed by atoms with Crippen molar-refractivity contribution in [3.8, 4) is 17.4 Å². The first-order chi connectivity index (χ1) is 11.6. The van der Waals surface area contributed by atoms with Crippen molar-refractivity contribution < 1.29 is 24.1 Å². The van der Waals surface area contributed by atoms with Gasteiger partial charge in [-0.2, -0.15) is 0 Å². The highest BCUT2D eigenvalue weighted by atomic mass is 16.5. The number of ether oxygens (including phenoxy) is 3. The molecule has 2 N–H and O–H groups in total. The Morgan fingerprint density at radius 2 is 2.00 bits per heavy atom. The van der Waals surface area contributed by atoms with Crippen LogP contribution >= 0.6 is 0 Å². The van der Waals surface area contributed by atoms with Gasteiger partial charge in [-0.25, -0.2) is 4.98 Å². The fourth-order valence-corrected chi connectivity index (χ4v) is 2.22. The van der Waals surface area contributed by atoms with E-state index in [2.05, 4.69) is 10.3 Å². The molecule has 1 aromatic heterocycles. The molecule has 0 spiro atoms. The lowest BCUT2D eigenvalue weighted by molar-refractivity contribution is 0.0911. The number of nitrogens with one attached hydrogen (secondary N) is 1. The minimum absolute atomic E-state index is 0.000406. The maximum atomic E-state index is 12.2. The van der Waals surface area contributed by atoms with Crippen molar-refractivity contribution in [2.45, 2.75) is 6.10 Å². The minimum Gasteiger partial charge on any atom is -0.497 e. The lowest BCUT2D eigenvalue weighted by Crippen LogP contribution is -2.29. The molecule has 0 bridgehead atoms. The zero-order valence-electron chi connectivity index (χ0n) is 13.8. The highest BCUT2D eigenvalue weighted by Gasteiger charge is 2.18. The maximum Gasteiger partial charge on any atom is 0.256 e. The van der Waals surface area contributed by atoms with Crippen LogP contribution in [0.4, 0.5) is 0 Å². The van der Waals surface area contributed by atoms with Crippen molar-refractivity contribution in [1.29, 1.82) is 0 Å². The van der Waals surface area contributed by atoms with Crippen LogP contribution in [-0.2, 0) is 0 Å². The molecule has 1 atom stereocenters. The van der Waals surface area contributed by atoms with Crippen molar-refractivity contribution in [2.24, 2.45) is 0 Å². The fourth-order valence-electron chi connectivity index (χ4n) is 2.22. The van der Waals surface area contributed by atoms with Gasteiger partial charge >= 0.3 is 0 Å². The van der Waals surface area contributed by atoms with Crippen molar-refractivity contribution in [3.05, 3.63) is 47.7 Å². The lowest BCUT2D eigenvalue weighted by Gasteiger charge is -2.17. The quantitative estimate of drug-likeness (QED) is 0.800. The highest BCUT2D eigenvalue weighted by molar-refractivity contribution is 5.96. The topological polar surface area (TPSA) is 89.9 Å². The van der Waals surface area contributed by atoms with Crippen LogP contribution in [0.15, 0.2) is 36.5 Å². The fraction of sp³-hybridized carbons (Fsp3) is 0.294. The van der Waals surface area contributed by atoms with Crippen LogP contribution in [-0.4, -0.2) is 43.9 Å². The number of rotatable bonds is 7. The summed E-state index contributed by atoms with van der Waals surface area (Å²) in [6.07, 6.45) is 0.577. The number of aliphatic hydroxyl groups is 1. The van der Waals surface area contributed by atoms with Crippen LogP contribution in [0.1, 0.15) is 22.0 Å². The Bertz CT molecular complexity index is 705. The van der Waals surface area contributed by atoms with E-state index in [1.54, 1.807) is 30.3 Å². The number of pyridine rings is 1. The van der Waals surface area contributed by atoms with Crippen molar-refractivity contribution >= 4 is 5.91 Å². The summed E-state index contributed by atoms with van der Waals surface area (Å²) in [6, 6.07) is 8.33. The zero-order chi connectivity index (χ0) is 17.5. The van der Waals surface area contributed by atoms with Crippen LogP contribution in [0.25, 0.3) is 0 Å². The number of carbonyl (C=O) groups excluding carboxylic acids is 1. The van der Waals surface area contributed by atoms with Gasteiger partial charge in [0.25, 0.3) is 5.91 Å². The largest absolute Gasteiger partial charge is 0.497 e. The SMILES string of the molecule is COc1ccc(OC)c([C@@H](O)CNC(=O)c2cccnc2OC)c1. The number of benzene rings is 1. The molecule has 0 saturated carbocycles. The Balaban J connectivity index is 2.10. The smallest absolute Gasteiger partial charge is 0.256 e. The van der Waals surface area contributed by atoms with Gasteiger partial charge in [0.15, 0.2) is 0 Å². The van der Waals surface area contributed by atoms with E-state index in [0.717, 1.165) is 0 Å². The number of methoxy groups -OCH3 is 3. The molecular formula is C17H20N2O5. The Labute approximate surface area is 140 Å². The van der Waals surface area contributed by atoms with Crippen LogP contribution in [0.2, 0.25) is 0 Å². The summed E-state index contributed by atoms with van der Waals surface area (Å²) in [7, 11) is 4.49. The molecule has 0 aliphatic carbocycles. The second-order valence-electron chi connectivity index (χ2n) is 4.89. The van der Waals surface area contributed by atoms with E-state index >= 15 is 0 Å². The average molecular weight is 332 g/mol. The monoisotopic (exact) mass is 332 g/mol. The predicted molar refractivity (Wildman–Crippen MR) is 87.6 cm³/mol. The normalized spacial score (nSPS) is 11.5. The number of hydrogen-bond acceptors (Lipinski definition) is 6. The Hall–Kier alpha value is -2.80. The van der Waals surface area contributed by atoms with Gasteiger partial charge in [-0.05, 0) is 30.3 Å². The zero-order valence-corrected chi connectivity index (χ0v) is 13.8. The Morgan fingerprint density at radius 1 is 1.21 bits per heavy atom. The molecule has 24 heavy (non-hydrogen) atoms. The third-order valence-corrected chi connectivity index (χ3v) is 3.46. The molecule has 7 heteroatoms. The van der Waals surface area contributed by atoms with Crippen molar-refractivity contribution in [3.63, 3.8) is 0 Å². The molecule has 0 fully saturated rings. The Kier molecular flexibility index (Phi) is 5.97. The summed E-state index contributed by atoms with van der Waals surface area (Å²) >= 11 is 0. The molecule has 0 unspecified atom stereocenters. The first-order valence-electron chi connectivity index (χ1n) is 7.28. The summed E-state index contributed by atoms with van der Waals surface area (Å²) in [5.74, 6) is 0.936. The number of amides is 1. The van der Waals surface area contributed by atoms with E-state index in [4.69, 9.17) is 14.2 Å². The van der Waals surface area contributed by atoms with E-state index in [1.165, 1.54) is 27.5 Å². The summed E-state index contributed by atoms with van der Waals surface area (Å²) in [5, 5.41) is 13.0. The molecule has 7 nitrogen and oxygen atoms in total. The molecule has 1 amide bonds. The van der Waals surface area contributed by atoms with Gasteiger partial charge in [0.1, 0.15) is 23.2 Å². The van der Waals surface area contributed by atoms with Crippen LogP contribution in [0.5, 0.6) is 17.4 Å². The molecule has 2 aromatic rings. The molecule has 0 aliphatic heterocycles. The molecule has 0 saturated heterocycles. The Morgan fingerprint density at radius 3 is 2.67 bits per heavy atom. The van der Waals surface area contributed by atoms with Gasteiger partial charge in [0.05, 0.1) is 21.3 Å². The van der Waals surface area contributed by atoms with E-state index in [1.807, 2.05) is 0 Å². The number of hydrogen-bond donors (Lipinski definition) is 2. The summed E-state index contributed by atoms with van der Waals surface area (Å²) in [6.45, 7) is 0.000406. The van der Waals surface area contributed by atoms with Crippen molar-refractivity contribution in [1.82, 2.24) is 10.3 Å². The van der Waals surface area contributed by atoms with Gasteiger partial charge in [-0.15, -0.1) is 0 Å². The van der Waals surface area contributed by atoms with Gasteiger partial charge in [-0.1, -0.05) is 0 Å². The van der Waals surface area contributed by atoms with Crippen LogP contribution in [0, 0.1) is 0 Å². The minimum atomic E-state index is -0.957. The van der Waals surface area contributed by atoms with E-state index in [-0.39, 0.29) is 18.3 Å². The van der Waals surface area contributed by atoms with E-state index < -0.39 is 6.10 Å². The molecule has 128 valence electrons. The van der Waals surface area contributed by atoms with Crippen LogP contribution in [0.3, 0.4) is 0 Å². The van der Waals surface area contributed by atoms with Gasteiger partial charge in [-0.3, -0.25) is 4.79 Å². The van der Waals surface area contributed by atoms with Gasteiger partial charge in [0.2, 0.25) is 5.88 Å². The van der Waals surface area contributed by atoms with Crippen LogP contribution < -0.4 is 19.5 Å². The number of nitrogens with zero attached hydrogens (tertiary/aromatic N) is 1. The average Bonchev–Trinajstić information content (AvgIpc) is 2.65. The van der Waals surface area contributed by atoms with E-state index in [0.29, 0.717) is 22.6 Å². The number of aliphatic hydroxyl groups excluding tert-OH is 1. The standard InChI is InChI=1S/C17H20N2O5/c1-22-11-6-7-15(23-2)13(9-11)14(20)10-19-16(21)12-5-4-8-18-17(12)24-3/h4-9,14,20H,10H2,1-3H3,(H,19,21)/t14-/m0/s1. The second kappa shape index (κ2) is 8.16. The summed E-state index contributed by atoms with van der Waals surface area (Å²) in [4.78, 5) is 16.2. The first-order valence-corrected chi connectivity index (χ1v) is 7.28. The summed E-state index contributed by atoms with van der Waals surface area (Å²) in [5.41, 5.74) is 0.820. The van der Waals surface area contributed by atoms with E-state index in [9.17, 15) is 9.90 Å². The second-order valence-corrected chi connectivity index (χ2v) is 4.89. The predicted octanol–water partition coefficient (Wildman–Crippen LogP) is 1.57. The molecule has 1 aromatic carbocycles.